The number of hydrogen-bond donors (Lipinski definition) is 0. The number of benzene rings is 3. The molecule has 29 heavy (non-hydrogen) atoms. The Bertz CT molecular complexity index is 952. The van der Waals surface area contributed by atoms with Crippen molar-refractivity contribution in [1.29, 1.82) is 0 Å². The molecule has 3 rings (SSSR count). The van der Waals surface area contributed by atoms with Crippen molar-refractivity contribution < 1.29 is 23.8 Å². The first kappa shape index (κ1) is 20.1. The molecule has 3 aromatic rings. The average Bonchev–Trinajstić information content (AvgIpc) is 2.76. The monoisotopic (exact) mass is 390 g/mol. The highest BCUT2D eigenvalue weighted by atomic mass is 16.5. The predicted molar refractivity (Wildman–Crippen MR) is 109 cm³/mol. The molecule has 0 bridgehead atoms. The minimum absolute atomic E-state index is 0.313. The fourth-order valence-electron chi connectivity index (χ4n) is 2.66. The fraction of sp³-hybridized carbons (Fsp3) is 0.167. The molecule has 0 aromatic heterocycles. The van der Waals surface area contributed by atoms with Gasteiger partial charge in [0.05, 0.1) is 5.56 Å². The van der Waals surface area contributed by atoms with Crippen molar-refractivity contribution in [2.45, 2.75) is 20.1 Å². The molecule has 0 fully saturated rings. The van der Waals surface area contributed by atoms with Crippen LogP contribution < -0.4 is 9.47 Å². The first-order valence-electron chi connectivity index (χ1n) is 9.26. The largest absolute Gasteiger partial charge is 0.489 e. The topological polar surface area (TPSA) is 61.8 Å². The van der Waals surface area contributed by atoms with E-state index >= 15 is 0 Å². The maximum atomic E-state index is 12.6. The van der Waals surface area contributed by atoms with E-state index in [2.05, 4.69) is 0 Å². The highest BCUT2D eigenvalue weighted by Crippen LogP contribution is 2.26. The van der Waals surface area contributed by atoms with E-state index in [1.165, 1.54) is 6.92 Å². The van der Waals surface area contributed by atoms with Crippen LogP contribution in [0.3, 0.4) is 0 Å². The zero-order valence-electron chi connectivity index (χ0n) is 16.2. The molecule has 0 saturated heterocycles. The van der Waals surface area contributed by atoms with Gasteiger partial charge in [-0.1, -0.05) is 60.7 Å². The van der Waals surface area contributed by atoms with E-state index < -0.39 is 5.97 Å². The first-order valence-corrected chi connectivity index (χ1v) is 9.26. The second-order valence-electron chi connectivity index (χ2n) is 6.41. The third-order valence-corrected chi connectivity index (χ3v) is 4.14. The van der Waals surface area contributed by atoms with Crippen molar-refractivity contribution in [3.63, 3.8) is 0 Å². The quantitative estimate of drug-likeness (QED) is 0.395. The molecule has 148 valence electrons. The summed E-state index contributed by atoms with van der Waals surface area (Å²) in [7, 11) is 0. The van der Waals surface area contributed by atoms with E-state index in [-0.39, 0.29) is 12.4 Å². The van der Waals surface area contributed by atoms with Crippen molar-refractivity contribution in [3.8, 4) is 11.5 Å². The molecule has 0 unspecified atom stereocenters. The number of ketones is 1. The lowest BCUT2D eigenvalue weighted by Crippen LogP contribution is -2.13. The van der Waals surface area contributed by atoms with E-state index in [9.17, 15) is 9.59 Å². The Labute approximate surface area is 169 Å². The fourth-order valence-corrected chi connectivity index (χ4v) is 2.66. The molecular weight excluding hydrogens is 368 g/mol. The molecule has 0 heterocycles. The Balaban J connectivity index is 1.76. The summed E-state index contributed by atoms with van der Waals surface area (Å²) in [6, 6.07) is 24.5. The molecule has 5 heteroatoms. The molecule has 0 atom stereocenters. The zero-order valence-corrected chi connectivity index (χ0v) is 16.2. The van der Waals surface area contributed by atoms with Crippen molar-refractivity contribution in [3.05, 3.63) is 95.6 Å². The van der Waals surface area contributed by atoms with Gasteiger partial charge in [-0.05, 0) is 29.3 Å². The van der Waals surface area contributed by atoms with Gasteiger partial charge in [0.2, 0.25) is 5.78 Å². The number of ether oxygens (including phenoxy) is 3. The van der Waals surface area contributed by atoms with E-state index in [0.717, 1.165) is 11.1 Å². The minimum Gasteiger partial charge on any atom is -0.489 e. The highest BCUT2D eigenvalue weighted by molar-refractivity contribution is 6.00. The van der Waals surface area contributed by atoms with Crippen LogP contribution in [0.15, 0.2) is 78.9 Å². The number of rotatable bonds is 9. The maximum absolute atomic E-state index is 12.6. The van der Waals surface area contributed by atoms with Gasteiger partial charge >= 0.3 is 5.97 Å². The SMILES string of the molecule is CC(=O)OCC(=O)c1cc(OCc2ccccc2)ccc1OCc1ccccc1. The van der Waals surface area contributed by atoms with Gasteiger partial charge in [0, 0.05) is 6.92 Å². The summed E-state index contributed by atoms with van der Waals surface area (Å²) >= 11 is 0. The lowest BCUT2D eigenvalue weighted by Gasteiger charge is -2.14. The van der Waals surface area contributed by atoms with Crippen LogP contribution in [0.25, 0.3) is 0 Å². The van der Waals surface area contributed by atoms with E-state index in [1.807, 2.05) is 60.7 Å². The van der Waals surface area contributed by atoms with Crippen LogP contribution in [-0.4, -0.2) is 18.4 Å². The van der Waals surface area contributed by atoms with Gasteiger partial charge in [-0.3, -0.25) is 9.59 Å². The maximum Gasteiger partial charge on any atom is 0.303 e. The van der Waals surface area contributed by atoms with E-state index in [0.29, 0.717) is 30.3 Å². The summed E-state index contributed by atoms with van der Waals surface area (Å²) in [6.07, 6.45) is 0. The molecule has 0 aliphatic rings. The summed E-state index contributed by atoms with van der Waals surface area (Å²) in [5.41, 5.74) is 2.31. The third kappa shape index (κ3) is 6.21. The predicted octanol–water partition coefficient (Wildman–Crippen LogP) is 4.59. The molecule has 0 radical (unpaired) electrons. The molecule has 5 nitrogen and oxygen atoms in total. The van der Waals surface area contributed by atoms with Gasteiger partial charge in [-0.25, -0.2) is 0 Å². The highest BCUT2D eigenvalue weighted by Gasteiger charge is 2.16. The second kappa shape index (κ2) is 10.1. The lowest BCUT2D eigenvalue weighted by atomic mass is 10.1. The Morgan fingerprint density at radius 3 is 1.93 bits per heavy atom. The van der Waals surface area contributed by atoms with Crippen LogP contribution in [0.2, 0.25) is 0 Å². The second-order valence-corrected chi connectivity index (χ2v) is 6.41. The number of esters is 1. The van der Waals surface area contributed by atoms with Gasteiger partial charge < -0.3 is 14.2 Å². The van der Waals surface area contributed by atoms with Crippen molar-refractivity contribution in [1.82, 2.24) is 0 Å². The zero-order chi connectivity index (χ0) is 20.5. The average molecular weight is 390 g/mol. The van der Waals surface area contributed by atoms with Crippen LogP contribution >= 0.6 is 0 Å². The van der Waals surface area contributed by atoms with Gasteiger partial charge in [-0.2, -0.15) is 0 Å². The van der Waals surface area contributed by atoms with Crippen LogP contribution in [0.4, 0.5) is 0 Å². The van der Waals surface area contributed by atoms with Crippen molar-refractivity contribution >= 4 is 11.8 Å². The number of Topliss-reactive ketones (excluding diaryl/α,β-unsaturated/α-hetero) is 1. The minimum atomic E-state index is -0.512. The van der Waals surface area contributed by atoms with Crippen molar-refractivity contribution in [2.75, 3.05) is 6.61 Å². The molecular formula is C24H22O5. The summed E-state index contributed by atoms with van der Waals surface area (Å²) in [5.74, 6) is 0.0835. The molecule has 0 spiro atoms. The first-order chi connectivity index (χ1) is 14.1. The Morgan fingerprint density at radius 1 is 0.759 bits per heavy atom. The van der Waals surface area contributed by atoms with Gasteiger partial charge in [0.15, 0.2) is 6.61 Å². The molecule has 0 aliphatic heterocycles. The molecule has 0 aliphatic carbocycles. The molecule has 0 saturated carbocycles. The Morgan fingerprint density at radius 2 is 1.34 bits per heavy atom. The van der Waals surface area contributed by atoms with Gasteiger partial charge in [-0.15, -0.1) is 0 Å². The third-order valence-electron chi connectivity index (χ3n) is 4.14. The normalized spacial score (nSPS) is 10.2. The number of carbonyl (C=O) groups is 2. The molecule has 0 N–H and O–H groups in total. The van der Waals surface area contributed by atoms with Gasteiger partial charge in [0.1, 0.15) is 24.7 Å². The standard InChI is InChI=1S/C24H22O5/c1-18(25)27-17-23(26)22-14-21(28-15-19-8-4-2-5-9-19)12-13-24(22)29-16-20-10-6-3-7-11-20/h2-14H,15-17H2,1H3. The summed E-state index contributed by atoms with van der Waals surface area (Å²) in [4.78, 5) is 23.7. The summed E-state index contributed by atoms with van der Waals surface area (Å²) in [6.45, 7) is 1.61. The molecule has 3 aromatic carbocycles. The van der Waals surface area contributed by atoms with Crippen LogP contribution in [-0.2, 0) is 22.7 Å². The van der Waals surface area contributed by atoms with Crippen LogP contribution in [0.1, 0.15) is 28.4 Å². The van der Waals surface area contributed by atoms with E-state index in [4.69, 9.17) is 14.2 Å². The lowest BCUT2D eigenvalue weighted by molar-refractivity contribution is -0.139. The number of hydrogen-bond acceptors (Lipinski definition) is 5. The van der Waals surface area contributed by atoms with Crippen molar-refractivity contribution in [2.24, 2.45) is 0 Å². The molecule has 0 amide bonds. The van der Waals surface area contributed by atoms with Crippen LogP contribution in [0.5, 0.6) is 11.5 Å². The summed E-state index contributed by atoms with van der Waals surface area (Å²) in [5, 5.41) is 0. The smallest absolute Gasteiger partial charge is 0.303 e. The Kier molecular flexibility index (Phi) is 7.00. The van der Waals surface area contributed by atoms with Gasteiger partial charge in [0.25, 0.3) is 0 Å². The van der Waals surface area contributed by atoms with E-state index in [1.54, 1.807) is 18.2 Å². The summed E-state index contributed by atoms with van der Waals surface area (Å²) < 4.78 is 16.5. The Hall–Kier alpha value is -3.60. The number of carbonyl (C=O) groups excluding carboxylic acids is 2. The van der Waals surface area contributed by atoms with Crippen LogP contribution in [0, 0.1) is 0 Å².